The maximum absolute atomic E-state index is 12.4. The average Bonchev–Trinajstić information content (AvgIpc) is 2.61. The Bertz CT molecular complexity index is 379. The third kappa shape index (κ3) is 3.29. The van der Waals surface area contributed by atoms with Crippen molar-refractivity contribution in [1.82, 2.24) is 10.0 Å². The Morgan fingerprint density at radius 3 is 1.40 bits per heavy atom. The number of carbonyl (C=O) groups excluding carboxylic acids is 2. The van der Waals surface area contributed by atoms with Crippen LogP contribution in [0.2, 0.25) is 0 Å². The standard InChI is InChI=1S/C16H26N2O2/c1-17(2)18-15(19)13-11-9-7-5-3-4-6-8-10-12-14(13)16(18)20/h3-12H2,1-2H3. The van der Waals surface area contributed by atoms with Gasteiger partial charge in [0.05, 0.1) is 0 Å². The Morgan fingerprint density at radius 1 is 0.700 bits per heavy atom. The third-order valence-corrected chi connectivity index (χ3v) is 4.27. The molecule has 0 bridgehead atoms. The normalized spacial score (nSPS) is 22.9. The molecule has 2 aliphatic rings. The summed E-state index contributed by atoms with van der Waals surface area (Å²) < 4.78 is 0. The van der Waals surface area contributed by atoms with Crippen molar-refractivity contribution in [3.05, 3.63) is 11.1 Å². The molecule has 0 radical (unpaired) electrons. The van der Waals surface area contributed by atoms with Gasteiger partial charge in [-0.1, -0.05) is 38.5 Å². The molecule has 0 aromatic heterocycles. The zero-order valence-corrected chi connectivity index (χ0v) is 12.8. The topological polar surface area (TPSA) is 40.6 Å². The van der Waals surface area contributed by atoms with E-state index in [0.717, 1.165) is 36.8 Å². The number of rotatable bonds is 1. The lowest BCUT2D eigenvalue weighted by Gasteiger charge is -2.22. The molecule has 0 aromatic carbocycles. The molecule has 20 heavy (non-hydrogen) atoms. The van der Waals surface area contributed by atoms with Crippen LogP contribution in [0.4, 0.5) is 0 Å². The first-order chi connectivity index (χ1) is 9.63. The van der Waals surface area contributed by atoms with E-state index in [9.17, 15) is 9.59 Å². The minimum Gasteiger partial charge on any atom is -0.267 e. The fourth-order valence-electron chi connectivity index (χ4n) is 3.15. The summed E-state index contributed by atoms with van der Waals surface area (Å²) in [6, 6.07) is 0. The highest BCUT2D eigenvalue weighted by Crippen LogP contribution is 2.30. The van der Waals surface area contributed by atoms with Gasteiger partial charge in [0.1, 0.15) is 0 Å². The van der Waals surface area contributed by atoms with Gasteiger partial charge in [-0.2, -0.15) is 0 Å². The molecule has 0 fully saturated rings. The number of hydrogen-bond acceptors (Lipinski definition) is 3. The van der Waals surface area contributed by atoms with Gasteiger partial charge in [-0.15, -0.1) is 0 Å². The first-order valence-corrected chi connectivity index (χ1v) is 7.91. The molecule has 0 saturated heterocycles. The van der Waals surface area contributed by atoms with Gasteiger partial charge in [0.2, 0.25) is 0 Å². The van der Waals surface area contributed by atoms with Crippen molar-refractivity contribution >= 4 is 11.8 Å². The lowest BCUT2D eigenvalue weighted by Crippen LogP contribution is -2.42. The van der Waals surface area contributed by atoms with Crippen LogP contribution in [0.5, 0.6) is 0 Å². The number of hydrogen-bond donors (Lipinski definition) is 0. The Hall–Kier alpha value is -1.16. The van der Waals surface area contributed by atoms with E-state index in [-0.39, 0.29) is 11.8 Å². The zero-order valence-electron chi connectivity index (χ0n) is 12.8. The summed E-state index contributed by atoms with van der Waals surface area (Å²) in [5.74, 6) is -0.181. The van der Waals surface area contributed by atoms with Crippen molar-refractivity contribution < 1.29 is 9.59 Å². The predicted molar refractivity (Wildman–Crippen MR) is 78.7 cm³/mol. The SMILES string of the molecule is CN(C)N1C(=O)C2=C(CCCCCCCCCC2)C1=O. The Morgan fingerprint density at radius 2 is 1.05 bits per heavy atom. The summed E-state index contributed by atoms with van der Waals surface area (Å²) >= 11 is 0. The van der Waals surface area contributed by atoms with E-state index in [2.05, 4.69) is 0 Å². The molecule has 0 unspecified atom stereocenters. The summed E-state index contributed by atoms with van der Waals surface area (Å²) in [5.41, 5.74) is 1.56. The first kappa shape index (κ1) is 15.2. The van der Waals surface area contributed by atoms with Gasteiger partial charge in [-0.25, -0.2) is 10.0 Å². The van der Waals surface area contributed by atoms with Gasteiger partial charge < -0.3 is 0 Å². The van der Waals surface area contributed by atoms with Gasteiger partial charge in [-0.3, -0.25) is 9.59 Å². The summed E-state index contributed by atoms with van der Waals surface area (Å²) in [7, 11) is 3.51. The number of amides is 2. The lowest BCUT2D eigenvalue weighted by molar-refractivity contribution is -0.152. The van der Waals surface area contributed by atoms with E-state index in [1.54, 1.807) is 19.1 Å². The first-order valence-electron chi connectivity index (χ1n) is 7.91. The largest absolute Gasteiger partial charge is 0.271 e. The highest BCUT2D eigenvalue weighted by molar-refractivity contribution is 6.18. The molecule has 1 heterocycles. The van der Waals surface area contributed by atoms with Crippen molar-refractivity contribution in [1.29, 1.82) is 0 Å². The highest BCUT2D eigenvalue weighted by atomic mass is 16.2. The van der Waals surface area contributed by atoms with Crippen molar-refractivity contribution in [2.45, 2.75) is 64.2 Å². The molecule has 4 nitrogen and oxygen atoms in total. The van der Waals surface area contributed by atoms with Crippen LogP contribution in [0.3, 0.4) is 0 Å². The molecule has 0 aromatic rings. The van der Waals surface area contributed by atoms with Crippen LogP contribution in [-0.4, -0.2) is 35.9 Å². The summed E-state index contributed by atoms with van der Waals surface area (Å²) in [4.78, 5) is 24.8. The van der Waals surface area contributed by atoms with E-state index in [1.807, 2.05) is 0 Å². The average molecular weight is 278 g/mol. The fraction of sp³-hybridized carbons (Fsp3) is 0.750. The second kappa shape index (κ2) is 7.02. The van der Waals surface area contributed by atoms with E-state index < -0.39 is 0 Å². The van der Waals surface area contributed by atoms with E-state index >= 15 is 0 Å². The summed E-state index contributed by atoms with van der Waals surface area (Å²) in [6.07, 6.45) is 11.0. The lowest BCUT2D eigenvalue weighted by atomic mass is 9.96. The van der Waals surface area contributed by atoms with Crippen LogP contribution in [0.1, 0.15) is 64.2 Å². The Balaban J connectivity index is 2.16. The maximum Gasteiger partial charge on any atom is 0.271 e. The number of hydrazine groups is 1. The number of carbonyl (C=O) groups is 2. The molecular formula is C16H26N2O2. The van der Waals surface area contributed by atoms with Crippen LogP contribution in [0.25, 0.3) is 0 Å². The predicted octanol–water partition coefficient (Wildman–Crippen LogP) is 3.04. The maximum atomic E-state index is 12.4. The van der Waals surface area contributed by atoms with Gasteiger partial charge in [0, 0.05) is 25.2 Å². The van der Waals surface area contributed by atoms with Crippen LogP contribution in [0.15, 0.2) is 11.1 Å². The Labute approximate surface area is 121 Å². The van der Waals surface area contributed by atoms with Gasteiger partial charge in [0.25, 0.3) is 11.8 Å². The minimum atomic E-state index is -0.0907. The Kier molecular flexibility index (Phi) is 5.35. The molecule has 2 rings (SSSR count). The highest BCUT2D eigenvalue weighted by Gasteiger charge is 2.38. The minimum absolute atomic E-state index is 0.0907. The summed E-state index contributed by atoms with van der Waals surface area (Å²) in [5, 5.41) is 2.90. The second-order valence-electron chi connectivity index (χ2n) is 6.05. The molecule has 0 spiro atoms. The van der Waals surface area contributed by atoms with Crippen molar-refractivity contribution in [3.8, 4) is 0 Å². The molecule has 4 heteroatoms. The van der Waals surface area contributed by atoms with Crippen LogP contribution in [0, 0.1) is 0 Å². The van der Waals surface area contributed by atoms with Crippen LogP contribution >= 0.6 is 0 Å². The van der Waals surface area contributed by atoms with Crippen molar-refractivity contribution in [2.75, 3.05) is 14.1 Å². The van der Waals surface area contributed by atoms with E-state index in [0.29, 0.717) is 0 Å². The smallest absolute Gasteiger partial charge is 0.267 e. The molecule has 2 amide bonds. The number of nitrogens with zero attached hydrogens (tertiary/aromatic N) is 2. The van der Waals surface area contributed by atoms with Gasteiger partial charge >= 0.3 is 0 Å². The molecule has 1 aliphatic heterocycles. The molecular weight excluding hydrogens is 252 g/mol. The van der Waals surface area contributed by atoms with Crippen LogP contribution < -0.4 is 0 Å². The molecule has 0 atom stereocenters. The molecule has 1 aliphatic carbocycles. The van der Waals surface area contributed by atoms with Gasteiger partial charge in [0.15, 0.2) is 0 Å². The molecule has 112 valence electrons. The van der Waals surface area contributed by atoms with E-state index in [4.69, 9.17) is 0 Å². The summed E-state index contributed by atoms with van der Waals surface area (Å²) in [6.45, 7) is 0. The number of imide groups is 1. The molecule has 0 N–H and O–H groups in total. The third-order valence-electron chi connectivity index (χ3n) is 4.27. The second-order valence-corrected chi connectivity index (χ2v) is 6.05. The zero-order chi connectivity index (χ0) is 14.5. The van der Waals surface area contributed by atoms with Gasteiger partial charge in [-0.05, 0) is 25.7 Å². The monoisotopic (exact) mass is 278 g/mol. The van der Waals surface area contributed by atoms with Crippen molar-refractivity contribution in [2.24, 2.45) is 0 Å². The van der Waals surface area contributed by atoms with E-state index in [1.165, 1.54) is 43.5 Å². The van der Waals surface area contributed by atoms with Crippen molar-refractivity contribution in [3.63, 3.8) is 0 Å². The fourth-order valence-corrected chi connectivity index (χ4v) is 3.15. The molecule has 0 saturated carbocycles. The van der Waals surface area contributed by atoms with Crippen LogP contribution in [-0.2, 0) is 9.59 Å². The quantitative estimate of drug-likeness (QED) is 0.692.